The molecule has 5 rings (SSSR count). The quantitative estimate of drug-likeness (QED) is 0.485. The molecule has 1 amide bonds. The number of aromatic nitrogens is 4. The summed E-state index contributed by atoms with van der Waals surface area (Å²) in [6.07, 6.45) is 5.99. The highest BCUT2D eigenvalue weighted by Crippen LogP contribution is 2.33. The first-order chi connectivity index (χ1) is 15.9. The van der Waals surface area contributed by atoms with Crippen LogP contribution < -0.4 is 15.5 Å². The molecular formula is C23H25F2N7O. The number of halogens is 2. The maximum Gasteiger partial charge on any atom is 0.260 e. The summed E-state index contributed by atoms with van der Waals surface area (Å²) in [5.74, 6) is -1.93. The highest BCUT2D eigenvalue weighted by atomic mass is 19.1. The summed E-state index contributed by atoms with van der Waals surface area (Å²) in [4.78, 5) is 19.4. The molecule has 0 aliphatic carbocycles. The van der Waals surface area contributed by atoms with E-state index < -0.39 is 17.5 Å². The largest absolute Gasteiger partial charge is 0.369 e. The van der Waals surface area contributed by atoms with E-state index in [1.54, 1.807) is 24.0 Å². The molecule has 0 unspecified atom stereocenters. The lowest BCUT2D eigenvalue weighted by Crippen LogP contribution is -2.29. The number of carbonyl (C=O) groups excluding carboxylic acids is 1. The SMILES string of the molecule is CCn1cc2c(N3CC[C@@H](NC)C3)cc(F)c(C(=O)Nc3cc(F)c4nc(C)cn4c3)c2n1. The van der Waals surface area contributed by atoms with Gasteiger partial charge in [-0.3, -0.25) is 9.48 Å². The van der Waals surface area contributed by atoms with E-state index in [1.165, 1.54) is 16.5 Å². The predicted octanol–water partition coefficient (Wildman–Crippen LogP) is 3.34. The van der Waals surface area contributed by atoms with E-state index in [9.17, 15) is 9.18 Å². The molecule has 0 radical (unpaired) electrons. The number of fused-ring (bicyclic) bond motifs is 2. The Bertz CT molecular complexity index is 1380. The molecule has 8 nitrogen and oxygen atoms in total. The van der Waals surface area contributed by atoms with E-state index in [2.05, 4.69) is 25.6 Å². The van der Waals surface area contributed by atoms with E-state index in [1.807, 2.05) is 20.2 Å². The van der Waals surface area contributed by atoms with Gasteiger partial charge in [0.15, 0.2) is 11.5 Å². The van der Waals surface area contributed by atoms with Crippen molar-refractivity contribution >= 4 is 33.8 Å². The van der Waals surface area contributed by atoms with Crippen LogP contribution in [0.1, 0.15) is 29.4 Å². The number of pyridine rings is 1. The molecule has 1 aliphatic rings. The fraction of sp³-hybridized carbons (Fsp3) is 0.348. The Morgan fingerprint density at radius 2 is 2.03 bits per heavy atom. The van der Waals surface area contributed by atoms with Crippen LogP contribution in [0.3, 0.4) is 0 Å². The third-order valence-electron chi connectivity index (χ3n) is 6.15. The van der Waals surface area contributed by atoms with Crippen molar-refractivity contribution in [2.45, 2.75) is 32.9 Å². The van der Waals surface area contributed by atoms with Gasteiger partial charge in [0.1, 0.15) is 16.9 Å². The number of anilines is 2. The number of hydrogen-bond acceptors (Lipinski definition) is 5. The average Bonchev–Trinajstić information content (AvgIpc) is 3.50. The molecule has 0 spiro atoms. The van der Waals surface area contributed by atoms with Gasteiger partial charge in [-0.2, -0.15) is 5.10 Å². The van der Waals surface area contributed by atoms with Gasteiger partial charge in [-0.15, -0.1) is 0 Å². The lowest BCUT2D eigenvalue weighted by Gasteiger charge is -2.20. The highest BCUT2D eigenvalue weighted by Gasteiger charge is 2.28. The van der Waals surface area contributed by atoms with Crippen molar-refractivity contribution in [1.82, 2.24) is 24.5 Å². The van der Waals surface area contributed by atoms with Crippen molar-refractivity contribution in [3.63, 3.8) is 0 Å². The summed E-state index contributed by atoms with van der Waals surface area (Å²) >= 11 is 0. The number of likely N-dealkylation sites (N-methyl/N-ethyl adjacent to an activating group) is 1. The molecule has 1 aromatic carbocycles. The number of aryl methyl sites for hydroxylation is 2. The minimum absolute atomic E-state index is 0.160. The van der Waals surface area contributed by atoms with Gasteiger partial charge in [-0.05, 0) is 33.4 Å². The number of benzene rings is 1. The number of rotatable bonds is 5. The Hall–Kier alpha value is -3.53. The Kier molecular flexibility index (Phi) is 5.24. The molecule has 1 atom stereocenters. The molecule has 1 aliphatic heterocycles. The molecular weight excluding hydrogens is 428 g/mol. The van der Waals surface area contributed by atoms with Crippen molar-refractivity contribution in [1.29, 1.82) is 0 Å². The molecule has 10 heteroatoms. The van der Waals surface area contributed by atoms with Crippen LogP contribution in [0.25, 0.3) is 16.6 Å². The van der Waals surface area contributed by atoms with Crippen molar-refractivity contribution in [3.8, 4) is 0 Å². The first-order valence-electron chi connectivity index (χ1n) is 11.0. The first kappa shape index (κ1) is 21.3. The summed E-state index contributed by atoms with van der Waals surface area (Å²) in [5.41, 5.74) is 1.86. The number of hydrogen-bond donors (Lipinski definition) is 2. The van der Waals surface area contributed by atoms with Crippen LogP contribution in [-0.2, 0) is 6.54 Å². The number of nitrogens with one attached hydrogen (secondary N) is 2. The van der Waals surface area contributed by atoms with Gasteiger partial charge in [0.25, 0.3) is 5.91 Å². The first-order valence-corrected chi connectivity index (χ1v) is 11.0. The lowest BCUT2D eigenvalue weighted by atomic mass is 10.1. The van der Waals surface area contributed by atoms with Gasteiger partial charge in [-0.1, -0.05) is 0 Å². The molecule has 4 aromatic rings. The summed E-state index contributed by atoms with van der Waals surface area (Å²) in [6, 6.07) is 2.90. The molecule has 0 saturated carbocycles. The zero-order valence-corrected chi connectivity index (χ0v) is 18.7. The van der Waals surface area contributed by atoms with Gasteiger partial charge >= 0.3 is 0 Å². The molecule has 33 heavy (non-hydrogen) atoms. The van der Waals surface area contributed by atoms with Crippen molar-refractivity contribution in [2.75, 3.05) is 30.4 Å². The molecule has 4 heterocycles. The second-order valence-corrected chi connectivity index (χ2v) is 8.36. The Morgan fingerprint density at radius 1 is 1.21 bits per heavy atom. The van der Waals surface area contributed by atoms with Crippen LogP contribution in [0.4, 0.5) is 20.2 Å². The highest BCUT2D eigenvalue weighted by molar-refractivity contribution is 6.14. The maximum absolute atomic E-state index is 15.4. The van der Waals surface area contributed by atoms with Crippen LogP contribution in [0.15, 0.2) is 30.7 Å². The van der Waals surface area contributed by atoms with Crippen LogP contribution in [0, 0.1) is 18.6 Å². The van der Waals surface area contributed by atoms with Crippen molar-refractivity contribution in [2.24, 2.45) is 0 Å². The van der Waals surface area contributed by atoms with E-state index >= 15 is 4.39 Å². The van der Waals surface area contributed by atoms with Crippen LogP contribution in [-0.4, -0.2) is 51.3 Å². The van der Waals surface area contributed by atoms with Gasteiger partial charge < -0.3 is 19.9 Å². The second kappa shape index (κ2) is 8.11. The molecule has 3 aromatic heterocycles. The van der Waals surface area contributed by atoms with Gasteiger partial charge in [0, 0.05) is 55.7 Å². The second-order valence-electron chi connectivity index (χ2n) is 8.36. The summed E-state index contributed by atoms with van der Waals surface area (Å²) in [6.45, 7) is 5.79. The normalized spacial score (nSPS) is 16.3. The van der Waals surface area contributed by atoms with E-state index in [-0.39, 0.29) is 22.4 Å². The topological polar surface area (TPSA) is 79.5 Å². The summed E-state index contributed by atoms with van der Waals surface area (Å²) in [7, 11) is 1.91. The molecule has 0 bridgehead atoms. The monoisotopic (exact) mass is 453 g/mol. The van der Waals surface area contributed by atoms with Gasteiger partial charge in [-0.25, -0.2) is 13.8 Å². The molecule has 172 valence electrons. The Balaban J connectivity index is 1.55. The van der Waals surface area contributed by atoms with Crippen molar-refractivity contribution < 1.29 is 13.6 Å². The average molecular weight is 453 g/mol. The Labute approximate surface area is 189 Å². The predicted molar refractivity (Wildman–Crippen MR) is 123 cm³/mol. The standard InChI is InChI=1S/C23H25F2N7O/c1-4-32-12-16-19(30-6-5-14(10-30)26-3)8-17(24)20(21(16)29-32)23(33)28-15-7-18(25)22-27-13(2)9-31(22)11-15/h7-9,11-12,14,26H,4-6,10H2,1-3H3,(H,28,33)/t14-/m1/s1. The maximum atomic E-state index is 15.4. The van der Waals surface area contributed by atoms with E-state index in [0.717, 1.165) is 25.2 Å². The smallest absolute Gasteiger partial charge is 0.260 e. The number of carbonyl (C=O) groups is 1. The van der Waals surface area contributed by atoms with Crippen molar-refractivity contribution in [3.05, 3.63) is 53.6 Å². The summed E-state index contributed by atoms with van der Waals surface area (Å²) < 4.78 is 33.0. The number of amides is 1. The Morgan fingerprint density at radius 3 is 2.76 bits per heavy atom. The minimum atomic E-state index is -0.685. The zero-order chi connectivity index (χ0) is 23.3. The zero-order valence-electron chi connectivity index (χ0n) is 18.7. The fourth-order valence-electron chi connectivity index (χ4n) is 4.47. The lowest BCUT2D eigenvalue weighted by molar-refractivity contribution is 0.102. The molecule has 1 fully saturated rings. The van der Waals surface area contributed by atoms with E-state index in [4.69, 9.17) is 0 Å². The summed E-state index contributed by atoms with van der Waals surface area (Å²) in [5, 5.41) is 11.1. The van der Waals surface area contributed by atoms with Crippen LogP contribution in [0.5, 0.6) is 0 Å². The van der Waals surface area contributed by atoms with Gasteiger partial charge in [0.05, 0.1) is 17.1 Å². The third-order valence-corrected chi connectivity index (χ3v) is 6.15. The number of imidazole rings is 1. The molecule has 2 N–H and O–H groups in total. The van der Waals surface area contributed by atoms with Gasteiger partial charge in [0.2, 0.25) is 0 Å². The third kappa shape index (κ3) is 3.70. The van der Waals surface area contributed by atoms with Crippen LogP contribution in [0.2, 0.25) is 0 Å². The minimum Gasteiger partial charge on any atom is -0.369 e. The fourth-order valence-corrected chi connectivity index (χ4v) is 4.47. The molecule has 1 saturated heterocycles. The number of nitrogens with zero attached hydrogens (tertiary/aromatic N) is 5. The van der Waals surface area contributed by atoms with E-state index in [0.29, 0.717) is 23.7 Å². The van der Waals surface area contributed by atoms with Crippen LogP contribution >= 0.6 is 0 Å².